The van der Waals surface area contributed by atoms with Crippen LogP contribution in [0.5, 0.6) is 0 Å². The van der Waals surface area contributed by atoms with Gasteiger partial charge in [-0.2, -0.15) is 0 Å². The third-order valence-corrected chi connectivity index (χ3v) is 1.88. The van der Waals surface area contributed by atoms with Crippen LogP contribution in [0.2, 0.25) is 0 Å². The Morgan fingerprint density at radius 1 is 1.33 bits per heavy atom. The summed E-state index contributed by atoms with van der Waals surface area (Å²) in [6.07, 6.45) is 1.47. The van der Waals surface area contributed by atoms with E-state index in [4.69, 9.17) is 10.2 Å². The molecule has 0 spiro atoms. The van der Waals surface area contributed by atoms with Crippen molar-refractivity contribution < 1.29 is 8.81 Å². The maximum absolute atomic E-state index is 13.0. The second-order valence-electron chi connectivity index (χ2n) is 2.57. The monoisotopic (exact) mass is 165 g/mol. The third kappa shape index (κ3) is 0.905. The molecule has 2 rings (SSSR count). The molecule has 0 bridgehead atoms. The Hall–Kier alpha value is -1.35. The molecule has 12 heavy (non-hydrogen) atoms. The van der Waals surface area contributed by atoms with Crippen molar-refractivity contribution in [1.82, 2.24) is 0 Å². The minimum atomic E-state index is -0.341. The van der Waals surface area contributed by atoms with Gasteiger partial charge in [0.25, 0.3) is 0 Å². The summed E-state index contributed by atoms with van der Waals surface area (Å²) in [4.78, 5) is 0. The van der Waals surface area contributed by atoms with E-state index >= 15 is 0 Å². The average molecular weight is 165 g/mol. The first-order chi connectivity index (χ1) is 5.83. The van der Waals surface area contributed by atoms with Crippen LogP contribution >= 0.6 is 0 Å². The third-order valence-electron chi connectivity index (χ3n) is 1.88. The van der Waals surface area contributed by atoms with Gasteiger partial charge in [-0.15, -0.1) is 0 Å². The summed E-state index contributed by atoms with van der Waals surface area (Å²) in [6.45, 7) is 0.399. The number of furan rings is 1. The highest BCUT2D eigenvalue weighted by molar-refractivity contribution is 5.81. The number of fused-ring (bicyclic) bond motifs is 1. The maximum atomic E-state index is 13.0. The Kier molecular flexibility index (Phi) is 1.59. The smallest absolute Gasteiger partial charge is 0.169 e. The van der Waals surface area contributed by atoms with Crippen LogP contribution in [0.1, 0.15) is 5.56 Å². The molecule has 0 amide bonds. The first-order valence-corrected chi connectivity index (χ1v) is 3.67. The molecule has 2 aromatic rings. The van der Waals surface area contributed by atoms with E-state index in [9.17, 15) is 4.39 Å². The molecule has 0 unspecified atom stereocenters. The molecule has 1 aromatic carbocycles. The van der Waals surface area contributed by atoms with Gasteiger partial charge in [0.15, 0.2) is 11.4 Å². The van der Waals surface area contributed by atoms with Gasteiger partial charge in [0.05, 0.1) is 6.26 Å². The summed E-state index contributed by atoms with van der Waals surface area (Å²) < 4.78 is 18.0. The van der Waals surface area contributed by atoms with E-state index in [1.807, 2.05) is 0 Å². The van der Waals surface area contributed by atoms with Crippen molar-refractivity contribution in [3.8, 4) is 0 Å². The van der Waals surface area contributed by atoms with Gasteiger partial charge >= 0.3 is 0 Å². The zero-order chi connectivity index (χ0) is 8.55. The highest BCUT2D eigenvalue weighted by Crippen LogP contribution is 2.22. The van der Waals surface area contributed by atoms with Gasteiger partial charge in [0, 0.05) is 11.9 Å². The number of halogens is 1. The molecule has 0 atom stereocenters. The standard InChI is InChI=1S/C9H8FNO/c10-8-2-1-6(5-11)7-3-4-12-9(7)8/h1-4H,5,11H2. The van der Waals surface area contributed by atoms with Crippen molar-refractivity contribution in [2.45, 2.75) is 6.54 Å². The van der Waals surface area contributed by atoms with E-state index in [-0.39, 0.29) is 11.4 Å². The zero-order valence-electron chi connectivity index (χ0n) is 6.38. The predicted octanol–water partition coefficient (Wildman–Crippen LogP) is 2.03. The van der Waals surface area contributed by atoms with Crippen LogP contribution in [-0.4, -0.2) is 0 Å². The maximum Gasteiger partial charge on any atom is 0.169 e. The molecule has 3 heteroatoms. The molecule has 0 radical (unpaired) electrons. The van der Waals surface area contributed by atoms with Crippen LogP contribution in [-0.2, 0) is 6.54 Å². The lowest BCUT2D eigenvalue weighted by molar-refractivity contribution is 0.560. The highest BCUT2D eigenvalue weighted by Gasteiger charge is 2.06. The van der Waals surface area contributed by atoms with Gasteiger partial charge < -0.3 is 10.2 Å². The van der Waals surface area contributed by atoms with Gasteiger partial charge in [-0.05, 0) is 17.7 Å². The number of rotatable bonds is 1. The summed E-state index contributed by atoms with van der Waals surface area (Å²) in [7, 11) is 0. The van der Waals surface area contributed by atoms with E-state index in [2.05, 4.69) is 0 Å². The fourth-order valence-corrected chi connectivity index (χ4v) is 1.26. The molecule has 0 aliphatic rings. The van der Waals surface area contributed by atoms with Crippen LogP contribution in [0.15, 0.2) is 28.9 Å². The Labute approximate surface area is 68.8 Å². The molecule has 0 fully saturated rings. The lowest BCUT2D eigenvalue weighted by Crippen LogP contribution is -1.96. The van der Waals surface area contributed by atoms with E-state index in [0.29, 0.717) is 6.54 Å². The first-order valence-electron chi connectivity index (χ1n) is 3.67. The van der Waals surface area contributed by atoms with Crippen LogP contribution in [0.25, 0.3) is 11.0 Å². The molecule has 0 aliphatic heterocycles. The summed E-state index contributed by atoms with van der Waals surface area (Å²) in [5, 5.41) is 0.762. The highest BCUT2D eigenvalue weighted by atomic mass is 19.1. The van der Waals surface area contributed by atoms with Crippen molar-refractivity contribution in [1.29, 1.82) is 0 Å². The van der Waals surface area contributed by atoms with Crippen LogP contribution < -0.4 is 5.73 Å². The summed E-state index contributed by atoms with van der Waals surface area (Å²) in [5.74, 6) is -0.341. The van der Waals surface area contributed by atoms with E-state index in [0.717, 1.165) is 10.9 Å². The fourth-order valence-electron chi connectivity index (χ4n) is 1.26. The average Bonchev–Trinajstić information content (AvgIpc) is 2.54. The minimum Gasteiger partial charge on any atom is -0.461 e. The Balaban J connectivity index is 2.82. The number of hydrogen-bond donors (Lipinski definition) is 1. The van der Waals surface area contributed by atoms with Gasteiger partial charge in [-0.3, -0.25) is 0 Å². The molecule has 0 aliphatic carbocycles. The topological polar surface area (TPSA) is 39.2 Å². The number of hydrogen-bond acceptors (Lipinski definition) is 2. The van der Waals surface area contributed by atoms with Crippen molar-refractivity contribution in [2.75, 3.05) is 0 Å². The van der Waals surface area contributed by atoms with Gasteiger partial charge in [0.2, 0.25) is 0 Å². The molecule has 1 heterocycles. The van der Waals surface area contributed by atoms with Crippen LogP contribution in [0, 0.1) is 5.82 Å². The SMILES string of the molecule is NCc1ccc(F)c2occc12. The first kappa shape index (κ1) is 7.31. The number of nitrogens with two attached hydrogens (primary N) is 1. The van der Waals surface area contributed by atoms with Gasteiger partial charge in [0.1, 0.15) is 0 Å². The Bertz CT molecular complexity index is 408. The second-order valence-corrected chi connectivity index (χ2v) is 2.57. The molecular weight excluding hydrogens is 157 g/mol. The summed E-state index contributed by atoms with van der Waals surface area (Å²) in [6, 6.07) is 4.77. The molecule has 2 N–H and O–H groups in total. The molecule has 2 nitrogen and oxygen atoms in total. The molecule has 62 valence electrons. The van der Waals surface area contributed by atoms with E-state index < -0.39 is 0 Å². The lowest BCUT2D eigenvalue weighted by Gasteiger charge is -1.97. The lowest BCUT2D eigenvalue weighted by atomic mass is 10.1. The Morgan fingerprint density at radius 3 is 2.92 bits per heavy atom. The van der Waals surface area contributed by atoms with Crippen molar-refractivity contribution in [3.05, 3.63) is 35.8 Å². The van der Waals surface area contributed by atoms with Gasteiger partial charge in [-0.1, -0.05) is 6.07 Å². The quantitative estimate of drug-likeness (QED) is 0.702. The van der Waals surface area contributed by atoms with Gasteiger partial charge in [-0.25, -0.2) is 4.39 Å². The molecule has 0 saturated heterocycles. The number of benzene rings is 1. The van der Waals surface area contributed by atoms with Crippen molar-refractivity contribution in [3.63, 3.8) is 0 Å². The van der Waals surface area contributed by atoms with E-state index in [1.165, 1.54) is 12.3 Å². The summed E-state index contributed by atoms with van der Waals surface area (Å²) in [5.41, 5.74) is 6.65. The molecule has 0 saturated carbocycles. The largest absolute Gasteiger partial charge is 0.461 e. The Morgan fingerprint density at radius 2 is 2.17 bits per heavy atom. The molecular formula is C9H8FNO. The summed E-state index contributed by atoms with van der Waals surface area (Å²) >= 11 is 0. The minimum absolute atomic E-state index is 0.290. The van der Waals surface area contributed by atoms with Crippen LogP contribution in [0.3, 0.4) is 0 Å². The van der Waals surface area contributed by atoms with Crippen molar-refractivity contribution >= 4 is 11.0 Å². The second kappa shape index (κ2) is 2.60. The predicted molar refractivity (Wildman–Crippen MR) is 44.1 cm³/mol. The van der Waals surface area contributed by atoms with E-state index in [1.54, 1.807) is 12.1 Å². The molecule has 1 aromatic heterocycles. The fraction of sp³-hybridized carbons (Fsp3) is 0.111. The van der Waals surface area contributed by atoms with Crippen LogP contribution in [0.4, 0.5) is 4.39 Å². The zero-order valence-corrected chi connectivity index (χ0v) is 6.38. The van der Waals surface area contributed by atoms with Crippen molar-refractivity contribution in [2.24, 2.45) is 5.73 Å². The normalized spacial score (nSPS) is 10.8.